The number of piperazine rings is 1. The van der Waals surface area contributed by atoms with E-state index in [1.54, 1.807) is 18.2 Å². The third-order valence-corrected chi connectivity index (χ3v) is 12.5. The minimum Gasteiger partial charge on any atom is -0.377 e. The van der Waals surface area contributed by atoms with E-state index in [1.165, 1.54) is 17.7 Å². The first-order valence-electron chi connectivity index (χ1n) is 22.2. The number of carbonyl (C=O) groups excluding carboxylic acids is 6. The summed E-state index contributed by atoms with van der Waals surface area (Å²) in [5, 5.41) is 7.83. The van der Waals surface area contributed by atoms with E-state index in [9.17, 15) is 33.2 Å². The van der Waals surface area contributed by atoms with Gasteiger partial charge in [0.15, 0.2) is 0 Å². The van der Waals surface area contributed by atoms with Crippen molar-refractivity contribution in [3.63, 3.8) is 0 Å². The number of anilines is 2. The van der Waals surface area contributed by atoms with E-state index in [0.29, 0.717) is 57.1 Å². The summed E-state index contributed by atoms with van der Waals surface area (Å²) >= 11 is 0. The number of ether oxygens (including phenoxy) is 3. The molecule has 3 aromatic carbocycles. The lowest BCUT2D eigenvalue weighted by molar-refractivity contribution is -0.137. The molecule has 7 rings (SSSR count). The van der Waals surface area contributed by atoms with Crippen molar-refractivity contribution < 1.29 is 47.4 Å². The largest absolute Gasteiger partial charge is 0.377 e. The minimum atomic E-state index is -1.05. The number of fused-ring (bicyclic) bond motifs is 1. The molecular weight excluding hydrogens is 840 g/mol. The normalized spacial score (nSPS) is 20.1. The van der Waals surface area contributed by atoms with Crippen LogP contribution in [0.5, 0.6) is 0 Å². The molecule has 0 radical (unpaired) electrons. The molecule has 3 aromatic rings. The summed E-state index contributed by atoms with van der Waals surface area (Å²) in [6, 6.07) is 17.8. The van der Waals surface area contributed by atoms with E-state index in [-0.39, 0.29) is 74.5 Å². The van der Waals surface area contributed by atoms with Crippen LogP contribution in [0.3, 0.4) is 0 Å². The van der Waals surface area contributed by atoms with Gasteiger partial charge in [0.2, 0.25) is 23.6 Å². The van der Waals surface area contributed by atoms with Crippen molar-refractivity contribution in [3.05, 3.63) is 94.3 Å². The number of hydrogen-bond donors (Lipinski definition) is 3. The number of halogens is 1. The fourth-order valence-electron chi connectivity index (χ4n) is 8.86. The van der Waals surface area contributed by atoms with Gasteiger partial charge in [-0.15, -0.1) is 0 Å². The summed E-state index contributed by atoms with van der Waals surface area (Å²) in [7, 11) is 4.22. The quantitative estimate of drug-likeness (QED) is 0.111. The van der Waals surface area contributed by atoms with Gasteiger partial charge in [0.05, 0.1) is 50.7 Å². The van der Waals surface area contributed by atoms with Crippen LogP contribution in [0.2, 0.25) is 0 Å². The molecule has 65 heavy (non-hydrogen) atoms. The fraction of sp³-hybridized carbons (Fsp3) is 0.489. The number of nitrogens with zero attached hydrogens (tertiary/aromatic N) is 5. The van der Waals surface area contributed by atoms with Crippen molar-refractivity contribution in [2.24, 2.45) is 0 Å². The van der Waals surface area contributed by atoms with E-state index < -0.39 is 29.7 Å². The maximum Gasteiger partial charge on any atom is 0.262 e. The van der Waals surface area contributed by atoms with Gasteiger partial charge in [-0.1, -0.05) is 24.3 Å². The summed E-state index contributed by atoms with van der Waals surface area (Å²) in [4.78, 5) is 84.6. The van der Waals surface area contributed by atoms with E-state index in [0.717, 1.165) is 47.9 Å². The molecular formula is C47H59FN8O9. The lowest BCUT2D eigenvalue weighted by Gasteiger charge is -2.36. The summed E-state index contributed by atoms with van der Waals surface area (Å²) < 4.78 is 31.3. The highest BCUT2D eigenvalue weighted by molar-refractivity contribution is 6.23. The lowest BCUT2D eigenvalue weighted by Crippen LogP contribution is -2.54. The predicted octanol–water partition coefficient (Wildman–Crippen LogP) is 1.99. The highest BCUT2D eigenvalue weighted by atomic mass is 19.1. The van der Waals surface area contributed by atoms with E-state index in [1.807, 2.05) is 17.9 Å². The summed E-state index contributed by atoms with van der Waals surface area (Å²) in [6.07, 6.45) is 0.101. The Balaban J connectivity index is 0.709. The van der Waals surface area contributed by atoms with Gasteiger partial charge in [0, 0.05) is 87.7 Å². The van der Waals surface area contributed by atoms with Crippen molar-refractivity contribution >= 4 is 46.8 Å². The Kier molecular flexibility index (Phi) is 15.9. The Morgan fingerprint density at radius 1 is 0.846 bits per heavy atom. The number of benzene rings is 3. The Bertz CT molecular complexity index is 2200. The number of likely N-dealkylation sites (N-methyl/N-ethyl adjacent to an activating group) is 1. The summed E-state index contributed by atoms with van der Waals surface area (Å²) in [5.74, 6) is -2.54. The van der Waals surface area contributed by atoms with Crippen LogP contribution in [0.1, 0.15) is 56.2 Å². The molecule has 18 heteroatoms. The lowest BCUT2D eigenvalue weighted by atomic mass is 9.93. The van der Waals surface area contributed by atoms with Crippen molar-refractivity contribution in [1.82, 2.24) is 30.2 Å². The molecule has 4 aliphatic rings. The molecule has 3 fully saturated rings. The number of likely N-dealkylation sites (tertiary alicyclic amines) is 1. The molecule has 0 aromatic heterocycles. The van der Waals surface area contributed by atoms with Gasteiger partial charge in [-0.25, -0.2) is 4.39 Å². The van der Waals surface area contributed by atoms with Gasteiger partial charge >= 0.3 is 0 Å². The summed E-state index contributed by atoms with van der Waals surface area (Å²) in [5.41, 5.74) is 4.88. The molecule has 0 saturated carbocycles. The van der Waals surface area contributed by atoms with Gasteiger partial charge in [-0.3, -0.25) is 43.9 Å². The van der Waals surface area contributed by atoms with Crippen LogP contribution in [-0.2, 0) is 39.9 Å². The van der Waals surface area contributed by atoms with Crippen molar-refractivity contribution in [2.45, 2.75) is 44.3 Å². The van der Waals surface area contributed by atoms with Crippen LogP contribution < -0.4 is 20.9 Å². The smallest absolute Gasteiger partial charge is 0.262 e. The predicted molar refractivity (Wildman–Crippen MR) is 239 cm³/mol. The number of imide groups is 2. The third kappa shape index (κ3) is 11.7. The standard InChI is InChI=1S/C47H59FN8O9/c1-31-5-4-6-39(48)37(31)27-53-28-38(41(29-53)52(2)3)32-7-10-34(11-8-32)54-16-18-55(19-17-54)44(59)30-65-24-23-64-22-21-63-20-15-49-43(58)26-50-33-9-12-35-36(25-33)47(62)56(46(35)61)40-13-14-42(57)51-45(40)60/h4-12,25,38,40-41,50H,13-24,26-30H2,1-3H3,(H,49,58)(H,51,57,60)/t38-,40?,41+/m1/s1. The highest BCUT2D eigenvalue weighted by Crippen LogP contribution is 2.34. The average molecular weight is 899 g/mol. The van der Waals surface area contributed by atoms with Crippen molar-refractivity contribution in [1.29, 1.82) is 0 Å². The molecule has 4 heterocycles. The van der Waals surface area contributed by atoms with Gasteiger partial charge in [-0.05, 0) is 75.0 Å². The molecule has 6 amide bonds. The summed E-state index contributed by atoms with van der Waals surface area (Å²) in [6.45, 7) is 8.61. The first kappa shape index (κ1) is 47.2. The topological polar surface area (TPSA) is 182 Å². The van der Waals surface area contributed by atoms with Crippen molar-refractivity contribution in [2.75, 3.05) is 116 Å². The SMILES string of the molecule is Cc1cccc(F)c1CN1C[C@H](c2ccc(N3CCN(C(=O)COCCOCCOCCNC(=O)CNc4ccc5c(c4)C(=O)N(C4CCC(=O)NC4=O)C5=O)CC3)cc2)[C@@H](N(C)C)C1. The number of aryl methyl sites for hydroxylation is 1. The van der Waals surface area contributed by atoms with Crippen molar-refractivity contribution in [3.8, 4) is 0 Å². The van der Waals surface area contributed by atoms with E-state index >= 15 is 0 Å². The Labute approximate surface area is 378 Å². The second-order valence-electron chi connectivity index (χ2n) is 17.0. The molecule has 4 aliphatic heterocycles. The first-order chi connectivity index (χ1) is 31.4. The monoisotopic (exact) mass is 898 g/mol. The minimum absolute atomic E-state index is 0.0154. The zero-order valence-corrected chi connectivity index (χ0v) is 37.3. The highest BCUT2D eigenvalue weighted by Gasteiger charge is 2.44. The van der Waals surface area contributed by atoms with E-state index in [2.05, 4.69) is 69.0 Å². The number of carbonyl (C=O) groups is 6. The van der Waals surface area contributed by atoms with Crippen LogP contribution in [0.25, 0.3) is 0 Å². The van der Waals surface area contributed by atoms with Gasteiger partial charge in [0.1, 0.15) is 18.5 Å². The van der Waals surface area contributed by atoms with E-state index in [4.69, 9.17) is 14.2 Å². The zero-order valence-electron chi connectivity index (χ0n) is 37.3. The van der Waals surface area contributed by atoms with Crippen LogP contribution in [0.15, 0.2) is 60.7 Å². The number of rotatable bonds is 20. The van der Waals surface area contributed by atoms with Crippen LogP contribution in [0, 0.1) is 12.7 Å². The number of piperidine rings is 1. The number of nitrogens with one attached hydrogen (secondary N) is 3. The Hall–Kier alpha value is -5.79. The molecule has 3 saturated heterocycles. The molecule has 3 N–H and O–H groups in total. The average Bonchev–Trinajstić information content (AvgIpc) is 3.83. The second kappa shape index (κ2) is 21.9. The molecule has 0 bridgehead atoms. The van der Waals surface area contributed by atoms with Gasteiger partial charge in [-0.2, -0.15) is 0 Å². The fourth-order valence-corrected chi connectivity index (χ4v) is 8.86. The Morgan fingerprint density at radius 3 is 2.26 bits per heavy atom. The maximum absolute atomic E-state index is 14.6. The molecule has 0 spiro atoms. The van der Waals surface area contributed by atoms with Crippen LogP contribution >= 0.6 is 0 Å². The van der Waals surface area contributed by atoms with Crippen LogP contribution in [0.4, 0.5) is 15.8 Å². The molecule has 348 valence electrons. The third-order valence-electron chi connectivity index (χ3n) is 12.5. The zero-order chi connectivity index (χ0) is 46.0. The molecule has 1 unspecified atom stereocenters. The molecule has 0 aliphatic carbocycles. The molecule has 3 atom stereocenters. The second-order valence-corrected chi connectivity index (χ2v) is 17.0. The van der Waals surface area contributed by atoms with Gasteiger partial charge in [0.25, 0.3) is 11.8 Å². The Morgan fingerprint density at radius 2 is 1.55 bits per heavy atom. The van der Waals surface area contributed by atoms with Crippen LogP contribution in [-0.4, -0.2) is 173 Å². The maximum atomic E-state index is 14.6. The molecule has 17 nitrogen and oxygen atoms in total. The first-order valence-corrected chi connectivity index (χ1v) is 22.2. The van der Waals surface area contributed by atoms with Gasteiger partial charge < -0.3 is 39.5 Å². The number of amides is 6. The number of hydrogen-bond acceptors (Lipinski definition) is 13.